The van der Waals surface area contributed by atoms with Gasteiger partial charge in [-0.15, -0.1) is 0 Å². The van der Waals surface area contributed by atoms with Gasteiger partial charge in [-0.2, -0.15) is 5.26 Å². The van der Waals surface area contributed by atoms with Gasteiger partial charge in [0.1, 0.15) is 6.07 Å². The molecule has 0 fully saturated rings. The standard InChI is InChI=1S/C13H9BrClN3/c14-11-5-9(15)2-4-13(11)18-10-3-1-8(7-16)12(17)6-10/h1-6,18H,17H2. The highest BCUT2D eigenvalue weighted by Crippen LogP contribution is 2.29. The van der Waals surface area contributed by atoms with Crippen LogP contribution in [0.1, 0.15) is 5.56 Å². The molecule has 0 spiro atoms. The van der Waals surface area contributed by atoms with Gasteiger partial charge in [-0.05, 0) is 52.3 Å². The maximum atomic E-state index is 8.80. The van der Waals surface area contributed by atoms with Crippen LogP contribution >= 0.6 is 27.5 Å². The van der Waals surface area contributed by atoms with Crippen molar-refractivity contribution in [2.75, 3.05) is 11.1 Å². The van der Waals surface area contributed by atoms with E-state index in [1.165, 1.54) is 0 Å². The van der Waals surface area contributed by atoms with Crippen LogP contribution in [0.25, 0.3) is 0 Å². The fraction of sp³-hybridized carbons (Fsp3) is 0. The number of hydrogen-bond donors (Lipinski definition) is 2. The number of benzene rings is 2. The first-order chi connectivity index (χ1) is 8.60. The Hall–Kier alpha value is -1.70. The van der Waals surface area contributed by atoms with Crippen molar-refractivity contribution < 1.29 is 0 Å². The molecular weight excluding hydrogens is 314 g/mol. The fourth-order valence-corrected chi connectivity index (χ4v) is 2.27. The Morgan fingerprint density at radius 1 is 1.22 bits per heavy atom. The molecule has 0 heterocycles. The molecule has 5 heteroatoms. The first-order valence-electron chi connectivity index (χ1n) is 5.12. The molecule has 2 aromatic carbocycles. The molecule has 2 aromatic rings. The topological polar surface area (TPSA) is 61.8 Å². The molecule has 18 heavy (non-hydrogen) atoms. The van der Waals surface area contributed by atoms with E-state index < -0.39 is 0 Å². The first kappa shape index (κ1) is 12.7. The molecule has 0 bridgehead atoms. The summed E-state index contributed by atoms with van der Waals surface area (Å²) in [4.78, 5) is 0. The zero-order valence-corrected chi connectivity index (χ0v) is 11.6. The Balaban J connectivity index is 2.29. The lowest BCUT2D eigenvalue weighted by Crippen LogP contribution is -1.95. The number of nitrogens with one attached hydrogen (secondary N) is 1. The Labute approximate surface area is 118 Å². The summed E-state index contributed by atoms with van der Waals surface area (Å²) in [6.45, 7) is 0. The maximum Gasteiger partial charge on any atom is 0.101 e. The van der Waals surface area contributed by atoms with Gasteiger partial charge in [-0.1, -0.05) is 11.6 Å². The van der Waals surface area contributed by atoms with Crippen LogP contribution in [-0.4, -0.2) is 0 Å². The van der Waals surface area contributed by atoms with Crippen LogP contribution in [0.2, 0.25) is 5.02 Å². The zero-order chi connectivity index (χ0) is 13.1. The van der Waals surface area contributed by atoms with Crippen molar-refractivity contribution in [1.29, 1.82) is 5.26 Å². The van der Waals surface area contributed by atoms with Gasteiger partial charge in [0.2, 0.25) is 0 Å². The number of anilines is 3. The van der Waals surface area contributed by atoms with Gasteiger partial charge < -0.3 is 11.1 Å². The van der Waals surface area contributed by atoms with E-state index in [4.69, 9.17) is 22.6 Å². The molecular formula is C13H9BrClN3. The van der Waals surface area contributed by atoms with Crippen molar-refractivity contribution in [2.24, 2.45) is 0 Å². The highest BCUT2D eigenvalue weighted by atomic mass is 79.9. The lowest BCUT2D eigenvalue weighted by molar-refractivity contribution is 1.47. The molecule has 0 aromatic heterocycles. The highest BCUT2D eigenvalue weighted by molar-refractivity contribution is 9.10. The van der Waals surface area contributed by atoms with Crippen molar-refractivity contribution in [3.05, 3.63) is 51.5 Å². The van der Waals surface area contributed by atoms with Gasteiger partial charge in [0.05, 0.1) is 16.9 Å². The number of hydrogen-bond acceptors (Lipinski definition) is 3. The predicted octanol–water partition coefficient (Wildman–Crippen LogP) is 4.30. The first-order valence-corrected chi connectivity index (χ1v) is 6.29. The Kier molecular flexibility index (Phi) is 3.75. The number of nitriles is 1. The van der Waals surface area contributed by atoms with Gasteiger partial charge in [-0.25, -0.2) is 0 Å². The van der Waals surface area contributed by atoms with Crippen molar-refractivity contribution >= 4 is 44.6 Å². The molecule has 0 atom stereocenters. The lowest BCUT2D eigenvalue weighted by Gasteiger charge is -2.10. The molecule has 0 saturated heterocycles. The summed E-state index contributed by atoms with van der Waals surface area (Å²) < 4.78 is 0.859. The third kappa shape index (κ3) is 2.76. The Morgan fingerprint density at radius 2 is 2.00 bits per heavy atom. The second-order valence-electron chi connectivity index (χ2n) is 3.66. The van der Waals surface area contributed by atoms with Crippen LogP contribution in [0.4, 0.5) is 17.1 Å². The predicted molar refractivity (Wildman–Crippen MR) is 78.0 cm³/mol. The molecule has 0 amide bonds. The van der Waals surface area contributed by atoms with Crippen LogP contribution in [0.15, 0.2) is 40.9 Å². The molecule has 0 aliphatic carbocycles. The van der Waals surface area contributed by atoms with Gasteiger partial charge in [-0.3, -0.25) is 0 Å². The average molecular weight is 323 g/mol. The van der Waals surface area contributed by atoms with E-state index in [1.54, 1.807) is 30.3 Å². The Morgan fingerprint density at radius 3 is 2.61 bits per heavy atom. The number of nitrogens with two attached hydrogens (primary N) is 1. The quantitative estimate of drug-likeness (QED) is 0.810. The molecule has 0 radical (unpaired) electrons. The van der Waals surface area contributed by atoms with E-state index in [1.807, 2.05) is 12.1 Å². The number of halogens is 2. The van der Waals surface area contributed by atoms with Crippen LogP contribution in [0.3, 0.4) is 0 Å². The van der Waals surface area contributed by atoms with Crippen molar-refractivity contribution in [2.45, 2.75) is 0 Å². The third-order valence-electron chi connectivity index (χ3n) is 2.38. The van der Waals surface area contributed by atoms with Crippen LogP contribution in [-0.2, 0) is 0 Å². The second-order valence-corrected chi connectivity index (χ2v) is 4.95. The average Bonchev–Trinajstić information content (AvgIpc) is 2.33. The molecule has 2 rings (SSSR count). The van der Waals surface area contributed by atoms with Gasteiger partial charge in [0.25, 0.3) is 0 Å². The normalized spacial score (nSPS) is 9.83. The van der Waals surface area contributed by atoms with Gasteiger partial charge >= 0.3 is 0 Å². The summed E-state index contributed by atoms with van der Waals surface area (Å²) in [6, 6.07) is 12.7. The molecule has 3 nitrogen and oxygen atoms in total. The fourth-order valence-electron chi connectivity index (χ4n) is 1.49. The minimum Gasteiger partial charge on any atom is -0.398 e. The Bertz CT molecular complexity index is 635. The second kappa shape index (κ2) is 5.30. The zero-order valence-electron chi connectivity index (χ0n) is 9.24. The maximum absolute atomic E-state index is 8.80. The third-order valence-corrected chi connectivity index (χ3v) is 3.27. The molecule has 0 unspecified atom stereocenters. The van der Waals surface area contributed by atoms with Crippen molar-refractivity contribution in [3.8, 4) is 6.07 Å². The van der Waals surface area contributed by atoms with Crippen LogP contribution in [0, 0.1) is 11.3 Å². The van der Waals surface area contributed by atoms with E-state index in [-0.39, 0.29) is 0 Å². The summed E-state index contributed by atoms with van der Waals surface area (Å²) in [5.41, 5.74) is 8.36. The SMILES string of the molecule is N#Cc1ccc(Nc2ccc(Cl)cc2Br)cc1N. The van der Waals surface area contributed by atoms with E-state index in [0.29, 0.717) is 16.3 Å². The van der Waals surface area contributed by atoms with Crippen molar-refractivity contribution in [3.63, 3.8) is 0 Å². The van der Waals surface area contributed by atoms with Crippen molar-refractivity contribution in [1.82, 2.24) is 0 Å². The molecule has 90 valence electrons. The van der Waals surface area contributed by atoms with E-state index in [0.717, 1.165) is 15.8 Å². The number of nitrogen functional groups attached to an aromatic ring is 1. The van der Waals surface area contributed by atoms with Crippen LogP contribution in [0.5, 0.6) is 0 Å². The number of nitrogens with zero attached hydrogens (tertiary/aromatic N) is 1. The summed E-state index contributed by atoms with van der Waals surface area (Å²) >= 11 is 9.29. The lowest BCUT2D eigenvalue weighted by atomic mass is 10.2. The monoisotopic (exact) mass is 321 g/mol. The van der Waals surface area contributed by atoms with Gasteiger partial charge in [0, 0.05) is 15.2 Å². The summed E-state index contributed by atoms with van der Waals surface area (Å²) in [5.74, 6) is 0. The van der Waals surface area contributed by atoms with Gasteiger partial charge in [0.15, 0.2) is 0 Å². The molecule has 0 aliphatic heterocycles. The minimum absolute atomic E-state index is 0.451. The largest absolute Gasteiger partial charge is 0.398 e. The number of rotatable bonds is 2. The van der Waals surface area contributed by atoms with E-state index in [2.05, 4.69) is 21.2 Å². The summed E-state index contributed by atoms with van der Waals surface area (Å²) in [6.07, 6.45) is 0. The molecule has 3 N–H and O–H groups in total. The smallest absolute Gasteiger partial charge is 0.101 e. The van der Waals surface area contributed by atoms with E-state index >= 15 is 0 Å². The summed E-state index contributed by atoms with van der Waals surface area (Å²) in [5, 5.41) is 12.7. The molecule has 0 aliphatic rings. The summed E-state index contributed by atoms with van der Waals surface area (Å²) in [7, 11) is 0. The minimum atomic E-state index is 0.451. The molecule has 0 saturated carbocycles. The van der Waals surface area contributed by atoms with Crippen LogP contribution < -0.4 is 11.1 Å². The van der Waals surface area contributed by atoms with E-state index in [9.17, 15) is 0 Å². The highest BCUT2D eigenvalue weighted by Gasteiger charge is 2.03.